The summed E-state index contributed by atoms with van der Waals surface area (Å²) in [6.07, 6.45) is 9.55. The highest BCUT2D eigenvalue weighted by molar-refractivity contribution is 5.43. The normalized spacial score (nSPS) is 15.9. The van der Waals surface area contributed by atoms with Gasteiger partial charge in [0.1, 0.15) is 12.7 Å². The van der Waals surface area contributed by atoms with Crippen molar-refractivity contribution in [2.45, 2.75) is 57.3 Å². The number of hydrogen-bond donors (Lipinski definition) is 1. The van der Waals surface area contributed by atoms with E-state index in [9.17, 15) is 5.11 Å². The minimum atomic E-state index is -0.526. The van der Waals surface area contributed by atoms with Crippen LogP contribution in [0.3, 0.4) is 0 Å². The molecule has 1 aromatic heterocycles. The van der Waals surface area contributed by atoms with Crippen LogP contribution >= 0.6 is 0 Å². The average molecular weight is 428 g/mol. The van der Waals surface area contributed by atoms with Crippen LogP contribution in [0.5, 0.6) is 11.5 Å². The zero-order valence-corrected chi connectivity index (χ0v) is 19.2. The number of aliphatic hydroxyl groups is 1. The summed E-state index contributed by atoms with van der Waals surface area (Å²) >= 11 is 0. The molecule has 0 spiro atoms. The van der Waals surface area contributed by atoms with E-state index < -0.39 is 6.10 Å². The monoisotopic (exact) mass is 427 g/mol. The van der Waals surface area contributed by atoms with Gasteiger partial charge in [0.15, 0.2) is 11.5 Å². The number of benzene rings is 1. The summed E-state index contributed by atoms with van der Waals surface area (Å²) in [5.74, 6) is 1.36. The molecule has 6 nitrogen and oxygen atoms in total. The lowest BCUT2D eigenvalue weighted by Gasteiger charge is -2.32. The van der Waals surface area contributed by atoms with E-state index >= 15 is 0 Å². The van der Waals surface area contributed by atoms with Gasteiger partial charge in [-0.1, -0.05) is 31.4 Å². The van der Waals surface area contributed by atoms with E-state index in [1.165, 1.54) is 37.7 Å². The fourth-order valence-corrected chi connectivity index (χ4v) is 4.34. The molecule has 1 aliphatic rings. The van der Waals surface area contributed by atoms with Crippen LogP contribution in [0.2, 0.25) is 0 Å². The Morgan fingerprint density at radius 3 is 2.55 bits per heavy atom. The zero-order chi connectivity index (χ0) is 22.1. The lowest BCUT2D eigenvalue weighted by Crippen LogP contribution is -2.40. The third-order valence-corrected chi connectivity index (χ3v) is 5.98. The van der Waals surface area contributed by atoms with E-state index in [-0.39, 0.29) is 6.61 Å². The number of ether oxygens (including phenoxy) is 2. The molecule has 1 fully saturated rings. The van der Waals surface area contributed by atoms with Gasteiger partial charge in [0.25, 0.3) is 0 Å². The number of aromatic nitrogens is 1. The maximum absolute atomic E-state index is 10.5. The third kappa shape index (κ3) is 7.49. The molecule has 1 aromatic carbocycles. The molecule has 1 heterocycles. The molecule has 31 heavy (non-hydrogen) atoms. The van der Waals surface area contributed by atoms with E-state index in [1.54, 1.807) is 13.3 Å². The number of rotatable bonds is 11. The van der Waals surface area contributed by atoms with Crippen molar-refractivity contribution < 1.29 is 14.6 Å². The summed E-state index contributed by atoms with van der Waals surface area (Å²) in [4.78, 5) is 8.69. The Morgan fingerprint density at radius 2 is 1.84 bits per heavy atom. The Bertz CT molecular complexity index is 781. The molecule has 1 saturated carbocycles. The van der Waals surface area contributed by atoms with Crippen LogP contribution in [0.4, 0.5) is 0 Å². The van der Waals surface area contributed by atoms with Crippen LogP contribution in [0.1, 0.15) is 43.2 Å². The van der Waals surface area contributed by atoms with Gasteiger partial charge in [0, 0.05) is 38.1 Å². The van der Waals surface area contributed by atoms with Gasteiger partial charge in [-0.05, 0) is 56.3 Å². The highest BCUT2D eigenvalue weighted by atomic mass is 16.5. The highest BCUT2D eigenvalue weighted by Gasteiger charge is 2.20. The molecule has 6 heteroatoms. The van der Waals surface area contributed by atoms with E-state index in [2.05, 4.69) is 41.0 Å². The van der Waals surface area contributed by atoms with Gasteiger partial charge < -0.3 is 19.5 Å². The van der Waals surface area contributed by atoms with Crippen LogP contribution < -0.4 is 9.47 Å². The largest absolute Gasteiger partial charge is 0.493 e. The van der Waals surface area contributed by atoms with Crippen LogP contribution in [0, 0.1) is 0 Å². The second-order valence-corrected chi connectivity index (χ2v) is 8.72. The predicted octanol–water partition coefficient (Wildman–Crippen LogP) is 3.73. The van der Waals surface area contributed by atoms with Crippen molar-refractivity contribution >= 4 is 0 Å². The van der Waals surface area contributed by atoms with Crippen molar-refractivity contribution in [3.63, 3.8) is 0 Å². The number of nitrogens with zero attached hydrogens (tertiary/aromatic N) is 3. The van der Waals surface area contributed by atoms with Gasteiger partial charge >= 0.3 is 0 Å². The van der Waals surface area contributed by atoms with Crippen molar-refractivity contribution in [1.29, 1.82) is 0 Å². The lowest BCUT2D eigenvalue weighted by atomic mass is 9.94. The predicted molar refractivity (Wildman–Crippen MR) is 123 cm³/mol. The minimum Gasteiger partial charge on any atom is -0.493 e. The second-order valence-electron chi connectivity index (χ2n) is 8.72. The van der Waals surface area contributed by atoms with Gasteiger partial charge in [-0.2, -0.15) is 0 Å². The van der Waals surface area contributed by atoms with Gasteiger partial charge in [-0.15, -0.1) is 0 Å². The first-order chi connectivity index (χ1) is 15.0. The van der Waals surface area contributed by atoms with E-state index in [0.29, 0.717) is 24.1 Å². The summed E-state index contributed by atoms with van der Waals surface area (Å²) in [6.45, 7) is 2.51. The lowest BCUT2D eigenvalue weighted by molar-refractivity contribution is 0.0553. The third-order valence-electron chi connectivity index (χ3n) is 5.98. The van der Waals surface area contributed by atoms with Crippen molar-refractivity contribution in [1.82, 2.24) is 14.8 Å². The molecular weight excluding hydrogens is 390 g/mol. The fourth-order valence-electron chi connectivity index (χ4n) is 4.34. The van der Waals surface area contributed by atoms with Gasteiger partial charge in [-0.25, -0.2) is 0 Å². The maximum atomic E-state index is 10.5. The van der Waals surface area contributed by atoms with E-state index in [1.807, 2.05) is 24.4 Å². The van der Waals surface area contributed by atoms with Crippen LogP contribution in [-0.4, -0.2) is 66.4 Å². The Balaban J connectivity index is 1.49. The number of methoxy groups -OCH3 is 1. The molecule has 2 aromatic rings. The molecule has 0 unspecified atom stereocenters. The van der Waals surface area contributed by atoms with Crippen molar-refractivity contribution in [2.24, 2.45) is 0 Å². The van der Waals surface area contributed by atoms with Gasteiger partial charge in [-0.3, -0.25) is 9.88 Å². The molecule has 1 atom stereocenters. The molecule has 0 amide bonds. The number of aliphatic hydroxyl groups excluding tert-OH is 1. The molecule has 1 aliphatic carbocycles. The van der Waals surface area contributed by atoms with Gasteiger partial charge in [0.2, 0.25) is 0 Å². The summed E-state index contributed by atoms with van der Waals surface area (Å²) in [5, 5.41) is 10.5. The second kappa shape index (κ2) is 12.0. The van der Waals surface area contributed by atoms with Crippen molar-refractivity contribution in [3.05, 3.63) is 53.9 Å². The standard InChI is InChI=1S/C25H37N3O3/c1-27(17-21-8-7-13-26-15-21)16-20-11-12-24(25(14-20)30-3)31-19-23(29)18-28(2)22-9-5-4-6-10-22/h7-8,11-15,22-23,29H,4-6,9-10,16-19H2,1-3H3/t23-/m0/s1. The SMILES string of the molecule is COc1cc(CN(C)Cc2cccnc2)ccc1OC[C@@H](O)CN(C)C1CCCCC1. The molecular formula is C25H37N3O3. The van der Waals surface area contributed by atoms with Crippen molar-refractivity contribution in [3.8, 4) is 11.5 Å². The quantitative estimate of drug-likeness (QED) is 0.590. The smallest absolute Gasteiger partial charge is 0.161 e. The Morgan fingerprint density at radius 1 is 1.06 bits per heavy atom. The molecule has 0 saturated heterocycles. The summed E-state index contributed by atoms with van der Waals surface area (Å²) in [7, 11) is 5.85. The number of pyridine rings is 1. The first-order valence-corrected chi connectivity index (χ1v) is 11.3. The number of hydrogen-bond acceptors (Lipinski definition) is 6. The van der Waals surface area contributed by atoms with Crippen molar-refractivity contribution in [2.75, 3.05) is 34.4 Å². The molecule has 0 bridgehead atoms. The summed E-state index contributed by atoms with van der Waals surface area (Å²) in [6, 6.07) is 10.6. The molecule has 0 aliphatic heterocycles. The maximum Gasteiger partial charge on any atom is 0.161 e. The molecule has 1 N–H and O–H groups in total. The minimum absolute atomic E-state index is 0.258. The van der Waals surface area contributed by atoms with E-state index in [0.717, 1.165) is 18.7 Å². The Labute approximate surface area is 186 Å². The van der Waals surface area contributed by atoms with E-state index in [4.69, 9.17) is 9.47 Å². The van der Waals surface area contributed by atoms with Gasteiger partial charge in [0.05, 0.1) is 7.11 Å². The molecule has 0 radical (unpaired) electrons. The van der Waals surface area contributed by atoms with Crippen LogP contribution in [0.15, 0.2) is 42.7 Å². The Hall–Kier alpha value is -2.15. The first-order valence-electron chi connectivity index (χ1n) is 11.3. The fraction of sp³-hybridized carbons (Fsp3) is 0.560. The summed E-state index contributed by atoms with van der Waals surface area (Å²) < 4.78 is 11.5. The zero-order valence-electron chi connectivity index (χ0n) is 19.2. The highest BCUT2D eigenvalue weighted by Crippen LogP contribution is 2.29. The van der Waals surface area contributed by atoms with Crippen LogP contribution in [-0.2, 0) is 13.1 Å². The number of likely N-dealkylation sites (N-methyl/N-ethyl adjacent to an activating group) is 1. The Kier molecular flexibility index (Phi) is 9.13. The molecule has 3 rings (SSSR count). The topological polar surface area (TPSA) is 58.1 Å². The average Bonchev–Trinajstić information content (AvgIpc) is 2.79. The molecule has 170 valence electrons. The summed E-state index contributed by atoms with van der Waals surface area (Å²) in [5.41, 5.74) is 2.33. The van der Waals surface area contributed by atoms with Crippen LogP contribution in [0.25, 0.3) is 0 Å². The first kappa shape index (κ1) is 23.5.